The second-order valence-electron chi connectivity index (χ2n) is 6.44. The lowest BCUT2D eigenvalue weighted by atomic mass is 9.90. The van der Waals surface area contributed by atoms with Crippen LogP contribution in [0.2, 0.25) is 0 Å². The van der Waals surface area contributed by atoms with Crippen LogP contribution in [0, 0.1) is 11.3 Å². The average Bonchev–Trinajstić information content (AvgIpc) is 2.99. The highest BCUT2D eigenvalue weighted by Crippen LogP contribution is 2.35. The SMILES string of the molecule is CC(C)N1CCN(CC#N)C2(CCN(c3cnccn3)C2)C1=O. The number of carbonyl (C=O) groups excluding carboxylic acids is 1. The fourth-order valence-electron chi connectivity index (χ4n) is 3.63. The molecule has 2 aliphatic heterocycles. The Morgan fingerprint density at radius 2 is 2.17 bits per heavy atom. The molecular formula is C16H22N6O. The Hall–Kier alpha value is -2.20. The van der Waals surface area contributed by atoms with Crippen molar-refractivity contribution in [1.29, 1.82) is 5.26 Å². The molecule has 2 fully saturated rings. The van der Waals surface area contributed by atoms with Crippen LogP contribution in [0.15, 0.2) is 18.6 Å². The minimum atomic E-state index is -0.615. The zero-order chi connectivity index (χ0) is 16.4. The van der Waals surface area contributed by atoms with Crippen LogP contribution in [0.4, 0.5) is 5.82 Å². The Morgan fingerprint density at radius 1 is 1.35 bits per heavy atom. The molecule has 0 aliphatic carbocycles. The van der Waals surface area contributed by atoms with Gasteiger partial charge in [-0.15, -0.1) is 0 Å². The molecule has 3 rings (SSSR count). The van der Waals surface area contributed by atoms with Gasteiger partial charge in [0.25, 0.3) is 0 Å². The van der Waals surface area contributed by atoms with Crippen molar-refractivity contribution in [2.75, 3.05) is 37.6 Å². The molecule has 2 saturated heterocycles. The molecule has 0 bridgehead atoms. The van der Waals surface area contributed by atoms with Gasteiger partial charge in [0, 0.05) is 44.6 Å². The number of nitriles is 1. The van der Waals surface area contributed by atoms with Crippen LogP contribution in [0.3, 0.4) is 0 Å². The Labute approximate surface area is 136 Å². The maximum Gasteiger partial charge on any atom is 0.245 e. The summed E-state index contributed by atoms with van der Waals surface area (Å²) in [5.74, 6) is 0.927. The lowest BCUT2D eigenvalue weighted by molar-refractivity contribution is -0.151. The number of aromatic nitrogens is 2. The maximum absolute atomic E-state index is 13.2. The summed E-state index contributed by atoms with van der Waals surface area (Å²) in [6, 6.07) is 2.39. The summed E-state index contributed by atoms with van der Waals surface area (Å²) in [6.07, 6.45) is 5.74. The third-order valence-corrected chi connectivity index (χ3v) is 4.88. The van der Waals surface area contributed by atoms with E-state index >= 15 is 0 Å². The number of amides is 1. The summed E-state index contributed by atoms with van der Waals surface area (Å²) in [6.45, 7) is 7.11. The molecule has 1 atom stereocenters. The van der Waals surface area contributed by atoms with Gasteiger partial charge < -0.3 is 9.80 Å². The Morgan fingerprint density at radius 3 is 2.83 bits per heavy atom. The van der Waals surface area contributed by atoms with Crippen molar-refractivity contribution < 1.29 is 4.79 Å². The summed E-state index contributed by atoms with van der Waals surface area (Å²) in [4.78, 5) is 27.7. The van der Waals surface area contributed by atoms with Gasteiger partial charge in [0.15, 0.2) is 0 Å². The number of hydrogen-bond acceptors (Lipinski definition) is 6. The minimum Gasteiger partial charge on any atom is -0.353 e. The monoisotopic (exact) mass is 314 g/mol. The van der Waals surface area contributed by atoms with Crippen LogP contribution in [0.5, 0.6) is 0 Å². The van der Waals surface area contributed by atoms with Gasteiger partial charge in [-0.3, -0.25) is 14.7 Å². The summed E-state index contributed by atoms with van der Waals surface area (Å²) in [5.41, 5.74) is -0.615. The predicted octanol–water partition coefficient (Wildman–Crippen LogP) is 0.502. The van der Waals surface area contributed by atoms with Crippen molar-refractivity contribution in [3.63, 3.8) is 0 Å². The standard InChI is InChI=1S/C16H22N6O/c1-13(2)22-10-9-21(8-4-17)16(15(22)23)3-7-20(12-16)14-11-18-5-6-19-14/h5-6,11,13H,3,7-10,12H2,1-2H3. The van der Waals surface area contributed by atoms with Gasteiger partial charge in [-0.1, -0.05) is 0 Å². The Kier molecular flexibility index (Phi) is 4.18. The topological polar surface area (TPSA) is 76.4 Å². The molecule has 1 aromatic heterocycles. The molecular weight excluding hydrogens is 292 g/mol. The largest absolute Gasteiger partial charge is 0.353 e. The molecule has 2 aliphatic rings. The van der Waals surface area contributed by atoms with Gasteiger partial charge in [0.05, 0.1) is 18.8 Å². The van der Waals surface area contributed by atoms with E-state index in [0.717, 1.165) is 18.9 Å². The van der Waals surface area contributed by atoms with Crippen LogP contribution in [-0.2, 0) is 4.79 Å². The lowest BCUT2D eigenvalue weighted by Crippen LogP contribution is -2.68. The molecule has 1 amide bonds. The van der Waals surface area contributed by atoms with Crippen LogP contribution < -0.4 is 4.90 Å². The van der Waals surface area contributed by atoms with Crippen molar-refractivity contribution in [3.05, 3.63) is 18.6 Å². The molecule has 0 radical (unpaired) electrons. The first-order valence-electron chi connectivity index (χ1n) is 8.02. The minimum absolute atomic E-state index is 0.139. The Balaban J connectivity index is 1.89. The molecule has 23 heavy (non-hydrogen) atoms. The van der Waals surface area contributed by atoms with E-state index in [1.54, 1.807) is 18.6 Å². The van der Waals surface area contributed by atoms with E-state index < -0.39 is 5.54 Å². The van der Waals surface area contributed by atoms with E-state index in [1.165, 1.54) is 0 Å². The number of carbonyl (C=O) groups is 1. The van der Waals surface area contributed by atoms with E-state index in [0.29, 0.717) is 19.5 Å². The molecule has 1 unspecified atom stereocenters. The molecule has 7 heteroatoms. The quantitative estimate of drug-likeness (QED) is 0.756. The van der Waals surface area contributed by atoms with Gasteiger partial charge >= 0.3 is 0 Å². The normalized spacial score (nSPS) is 25.4. The molecule has 0 saturated carbocycles. The number of rotatable bonds is 3. The summed E-state index contributed by atoms with van der Waals surface area (Å²) < 4.78 is 0. The van der Waals surface area contributed by atoms with Crippen molar-refractivity contribution in [1.82, 2.24) is 19.8 Å². The van der Waals surface area contributed by atoms with Crippen LogP contribution in [-0.4, -0.2) is 70.0 Å². The zero-order valence-corrected chi connectivity index (χ0v) is 13.6. The van der Waals surface area contributed by atoms with Crippen LogP contribution in [0.25, 0.3) is 0 Å². The summed E-state index contributed by atoms with van der Waals surface area (Å²) >= 11 is 0. The Bertz CT molecular complexity index is 613. The summed E-state index contributed by atoms with van der Waals surface area (Å²) in [5, 5.41) is 9.15. The molecule has 0 aromatic carbocycles. The van der Waals surface area contributed by atoms with Gasteiger partial charge in [-0.05, 0) is 20.3 Å². The molecule has 122 valence electrons. The fraction of sp³-hybridized carbons (Fsp3) is 0.625. The van der Waals surface area contributed by atoms with E-state index in [-0.39, 0.29) is 18.5 Å². The van der Waals surface area contributed by atoms with Crippen molar-refractivity contribution in [2.24, 2.45) is 0 Å². The van der Waals surface area contributed by atoms with Crippen molar-refractivity contribution in [2.45, 2.75) is 31.8 Å². The fourth-order valence-corrected chi connectivity index (χ4v) is 3.63. The summed E-state index contributed by atoms with van der Waals surface area (Å²) in [7, 11) is 0. The highest BCUT2D eigenvalue weighted by atomic mass is 16.2. The smallest absolute Gasteiger partial charge is 0.245 e. The molecule has 3 heterocycles. The van der Waals surface area contributed by atoms with E-state index in [2.05, 4.69) is 20.9 Å². The number of hydrogen-bond donors (Lipinski definition) is 0. The van der Waals surface area contributed by atoms with Crippen LogP contribution >= 0.6 is 0 Å². The number of anilines is 1. The molecule has 1 aromatic rings. The number of piperazine rings is 1. The van der Waals surface area contributed by atoms with Crippen molar-refractivity contribution in [3.8, 4) is 6.07 Å². The molecule has 1 spiro atoms. The highest BCUT2D eigenvalue weighted by Gasteiger charge is 2.53. The average molecular weight is 314 g/mol. The number of nitrogens with zero attached hydrogens (tertiary/aromatic N) is 6. The van der Waals surface area contributed by atoms with Gasteiger partial charge in [-0.25, -0.2) is 4.98 Å². The van der Waals surface area contributed by atoms with Crippen LogP contribution in [0.1, 0.15) is 20.3 Å². The highest BCUT2D eigenvalue weighted by molar-refractivity contribution is 5.89. The lowest BCUT2D eigenvalue weighted by Gasteiger charge is -2.48. The maximum atomic E-state index is 13.2. The van der Waals surface area contributed by atoms with Gasteiger partial charge in [-0.2, -0.15) is 5.26 Å². The first-order valence-corrected chi connectivity index (χ1v) is 8.02. The first kappa shape index (κ1) is 15.7. The van der Waals surface area contributed by atoms with E-state index in [4.69, 9.17) is 5.26 Å². The van der Waals surface area contributed by atoms with Gasteiger partial charge in [0.2, 0.25) is 5.91 Å². The molecule has 7 nitrogen and oxygen atoms in total. The second-order valence-corrected chi connectivity index (χ2v) is 6.44. The zero-order valence-electron chi connectivity index (χ0n) is 13.6. The predicted molar refractivity (Wildman–Crippen MR) is 85.6 cm³/mol. The van der Waals surface area contributed by atoms with Gasteiger partial charge in [0.1, 0.15) is 11.4 Å². The first-order chi connectivity index (χ1) is 11.1. The third kappa shape index (κ3) is 2.63. The van der Waals surface area contributed by atoms with E-state index in [9.17, 15) is 4.79 Å². The molecule has 0 N–H and O–H groups in total. The third-order valence-electron chi connectivity index (χ3n) is 4.88. The van der Waals surface area contributed by atoms with Crippen molar-refractivity contribution >= 4 is 11.7 Å². The van der Waals surface area contributed by atoms with E-state index in [1.807, 2.05) is 23.6 Å². The second kappa shape index (κ2) is 6.13.